The van der Waals surface area contributed by atoms with Crippen LogP contribution in [0.1, 0.15) is 13.8 Å². The van der Waals surface area contributed by atoms with E-state index in [2.05, 4.69) is 11.7 Å². The van der Waals surface area contributed by atoms with E-state index in [1.165, 1.54) is 0 Å². The fraction of sp³-hybridized carbons (Fsp3) is 0.571. The maximum Gasteiger partial charge on any atom is 0.153 e. The van der Waals surface area contributed by atoms with E-state index in [9.17, 15) is 0 Å². The van der Waals surface area contributed by atoms with Crippen molar-refractivity contribution in [2.75, 3.05) is 0 Å². The van der Waals surface area contributed by atoms with Gasteiger partial charge in [-0.15, -0.1) is 0 Å². The second kappa shape index (κ2) is 4.13. The molecular weight excluding hydrogens is 114 g/mol. The fourth-order valence-corrected chi connectivity index (χ4v) is 0.488. The van der Waals surface area contributed by atoms with Crippen molar-refractivity contribution in [3.8, 4) is 0 Å². The topological polar surface area (TPSA) is 34.2 Å². The summed E-state index contributed by atoms with van der Waals surface area (Å²) in [5.41, 5.74) is 0. The number of rotatable bonds is 3. The lowest BCUT2D eigenvalue weighted by atomic mass is 10.1. The highest BCUT2D eigenvalue weighted by Crippen LogP contribution is 1.97. The molecule has 0 aliphatic heterocycles. The zero-order valence-corrected chi connectivity index (χ0v) is 5.96. The van der Waals surface area contributed by atoms with E-state index in [0.29, 0.717) is 12.0 Å². The lowest BCUT2D eigenvalue weighted by Crippen LogP contribution is -2.74. The Morgan fingerprint density at radius 1 is 1.56 bits per heavy atom. The van der Waals surface area contributed by atoms with E-state index in [1.54, 1.807) is 6.08 Å². The minimum absolute atomic E-state index is 0.313. The van der Waals surface area contributed by atoms with Crippen LogP contribution in [0.4, 0.5) is 0 Å². The largest absolute Gasteiger partial charge is 0.516 e. The van der Waals surface area contributed by atoms with Crippen molar-refractivity contribution in [3.05, 3.63) is 12.3 Å². The molecule has 2 atom stereocenters. The normalized spacial score (nSPS) is 17.6. The van der Waals surface area contributed by atoms with Crippen LogP contribution in [0.5, 0.6) is 0 Å². The third-order valence-electron chi connectivity index (χ3n) is 1.50. The third-order valence-corrected chi connectivity index (χ3v) is 1.50. The molecule has 0 radical (unpaired) electrons. The number of aliphatic hydroxyl groups excluding tert-OH is 1. The van der Waals surface area contributed by atoms with Gasteiger partial charge in [0.25, 0.3) is 0 Å². The number of hydrogen-bond acceptors (Lipinski definition) is 1. The maximum atomic E-state index is 8.35. The van der Waals surface area contributed by atoms with E-state index in [1.807, 2.05) is 13.8 Å². The molecule has 0 amide bonds. The van der Waals surface area contributed by atoms with Crippen LogP contribution in [-0.4, -0.2) is 17.9 Å². The Balaban J connectivity index is 3.71. The van der Waals surface area contributed by atoms with E-state index < -0.39 is 0 Å². The standard InChI is InChI=1S/C7H13NO/c1-6(4-5-9)7(2)8-3/h4-7,9H,3H2,1-2H3/p+1/b5-4+/t6-,7+/m0/s1. The van der Waals surface area contributed by atoms with Crippen LogP contribution in [0.25, 0.3) is 0 Å². The predicted molar refractivity (Wildman–Crippen MR) is 38.5 cm³/mol. The van der Waals surface area contributed by atoms with E-state index in [0.717, 1.165) is 6.26 Å². The lowest BCUT2D eigenvalue weighted by molar-refractivity contribution is -0.496. The van der Waals surface area contributed by atoms with Gasteiger partial charge in [0.1, 0.15) is 6.72 Å². The summed E-state index contributed by atoms with van der Waals surface area (Å²) in [7, 11) is 0. The lowest BCUT2D eigenvalue weighted by Gasteiger charge is -2.03. The van der Waals surface area contributed by atoms with Crippen LogP contribution in [0.2, 0.25) is 0 Å². The first-order valence-corrected chi connectivity index (χ1v) is 3.06. The molecule has 0 aromatic rings. The van der Waals surface area contributed by atoms with Gasteiger partial charge in [-0.2, -0.15) is 0 Å². The Hall–Kier alpha value is -0.790. The van der Waals surface area contributed by atoms with Gasteiger partial charge in [-0.3, -0.25) is 4.99 Å². The SMILES string of the molecule is C=[NH+][C@H](C)[C@@H](C)/C=C/O. The zero-order valence-electron chi connectivity index (χ0n) is 5.96. The van der Waals surface area contributed by atoms with E-state index in [4.69, 9.17) is 5.11 Å². The van der Waals surface area contributed by atoms with Crippen molar-refractivity contribution >= 4 is 6.72 Å². The van der Waals surface area contributed by atoms with E-state index >= 15 is 0 Å². The van der Waals surface area contributed by atoms with Crippen molar-refractivity contribution in [2.24, 2.45) is 5.92 Å². The molecule has 0 heterocycles. The summed E-state index contributed by atoms with van der Waals surface area (Å²) >= 11 is 0. The van der Waals surface area contributed by atoms with Crippen molar-refractivity contribution in [3.63, 3.8) is 0 Å². The fourth-order valence-electron chi connectivity index (χ4n) is 0.488. The van der Waals surface area contributed by atoms with Crippen molar-refractivity contribution in [1.29, 1.82) is 0 Å². The highest BCUT2D eigenvalue weighted by molar-refractivity contribution is 5.12. The Labute approximate surface area is 55.9 Å². The summed E-state index contributed by atoms with van der Waals surface area (Å²) in [6.07, 6.45) is 2.79. The van der Waals surface area contributed by atoms with Crippen LogP contribution in [0.15, 0.2) is 12.3 Å². The van der Waals surface area contributed by atoms with Crippen LogP contribution < -0.4 is 4.99 Å². The summed E-state index contributed by atoms with van der Waals surface area (Å²) in [6.45, 7) is 7.54. The summed E-state index contributed by atoms with van der Waals surface area (Å²) in [6, 6.07) is 0.313. The molecule has 0 spiro atoms. The molecule has 0 aliphatic carbocycles. The monoisotopic (exact) mass is 128 g/mol. The third kappa shape index (κ3) is 2.90. The number of hydrogen-bond donors (Lipinski definition) is 2. The van der Waals surface area contributed by atoms with Crippen LogP contribution in [0.3, 0.4) is 0 Å². The Kier molecular flexibility index (Phi) is 3.76. The van der Waals surface area contributed by atoms with Crippen LogP contribution in [-0.2, 0) is 0 Å². The molecule has 52 valence electrons. The molecule has 2 heteroatoms. The second-order valence-electron chi connectivity index (χ2n) is 2.19. The molecule has 0 aromatic heterocycles. The quantitative estimate of drug-likeness (QED) is 0.403. The van der Waals surface area contributed by atoms with Crippen molar-refractivity contribution in [2.45, 2.75) is 19.9 Å². The second-order valence-corrected chi connectivity index (χ2v) is 2.19. The molecule has 0 unspecified atom stereocenters. The molecule has 0 fully saturated rings. The van der Waals surface area contributed by atoms with Gasteiger partial charge in [-0.1, -0.05) is 6.92 Å². The van der Waals surface area contributed by atoms with Gasteiger partial charge in [0.2, 0.25) is 0 Å². The molecule has 0 rings (SSSR count). The van der Waals surface area contributed by atoms with Gasteiger partial charge in [0.15, 0.2) is 6.04 Å². The number of nitrogens with one attached hydrogen (secondary N) is 1. The predicted octanol–water partition coefficient (Wildman–Crippen LogP) is -0.136. The number of aliphatic hydroxyl groups is 1. The molecule has 0 saturated heterocycles. The van der Waals surface area contributed by atoms with Gasteiger partial charge in [-0.25, -0.2) is 0 Å². The van der Waals surface area contributed by atoms with Gasteiger partial charge in [-0.05, 0) is 13.0 Å². The smallest absolute Gasteiger partial charge is 0.153 e. The summed E-state index contributed by atoms with van der Waals surface area (Å²) in [5.74, 6) is 0.326. The highest BCUT2D eigenvalue weighted by atomic mass is 16.2. The minimum Gasteiger partial charge on any atom is -0.516 e. The van der Waals surface area contributed by atoms with Crippen LogP contribution in [0, 0.1) is 5.92 Å². The van der Waals surface area contributed by atoms with Gasteiger partial charge in [0, 0.05) is 5.92 Å². The molecular formula is C7H14NO+. The zero-order chi connectivity index (χ0) is 7.28. The summed E-state index contributed by atoms with van der Waals surface area (Å²) < 4.78 is 0. The Morgan fingerprint density at radius 3 is 2.44 bits per heavy atom. The minimum atomic E-state index is 0.313. The molecule has 0 aliphatic rings. The average molecular weight is 128 g/mol. The Morgan fingerprint density at radius 2 is 2.11 bits per heavy atom. The average Bonchev–Trinajstić information content (AvgIpc) is 1.87. The summed E-state index contributed by atoms with van der Waals surface area (Å²) in [4.78, 5) is 2.84. The Bertz CT molecular complexity index is 109. The molecule has 9 heavy (non-hydrogen) atoms. The summed E-state index contributed by atoms with van der Waals surface area (Å²) in [5, 5.41) is 8.35. The maximum absolute atomic E-state index is 8.35. The highest BCUT2D eigenvalue weighted by Gasteiger charge is 2.09. The first kappa shape index (κ1) is 8.21. The molecule has 2 nitrogen and oxygen atoms in total. The van der Waals surface area contributed by atoms with Gasteiger partial charge in [0.05, 0.1) is 6.26 Å². The first-order chi connectivity index (χ1) is 4.22. The van der Waals surface area contributed by atoms with Crippen molar-refractivity contribution in [1.82, 2.24) is 0 Å². The molecule has 2 N–H and O–H groups in total. The molecule has 0 saturated carbocycles. The molecule has 0 aromatic carbocycles. The first-order valence-electron chi connectivity index (χ1n) is 3.06. The van der Waals surface area contributed by atoms with Gasteiger partial charge >= 0.3 is 0 Å². The van der Waals surface area contributed by atoms with Crippen LogP contribution >= 0.6 is 0 Å². The van der Waals surface area contributed by atoms with E-state index in [-0.39, 0.29) is 0 Å². The molecule has 0 bridgehead atoms. The van der Waals surface area contributed by atoms with Crippen molar-refractivity contribution < 1.29 is 10.1 Å². The van der Waals surface area contributed by atoms with Gasteiger partial charge < -0.3 is 5.11 Å².